The molecule has 3 rings (SSSR count). The lowest BCUT2D eigenvalue weighted by Crippen LogP contribution is -2.44. The molecule has 6 nitrogen and oxygen atoms in total. The lowest BCUT2D eigenvalue weighted by molar-refractivity contribution is 0.123. The first-order chi connectivity index (χ1) is 11.9. The minimum Gasteiger partial charge on any atom is -0.472 e. The molecule has 25 heavy (non-hydrogen) atoms. The van der Waals surface area contributed by atoms with Crippen molar-refractivity contribution in [2.75, 3.05) is 13.1 Å². The molecule has 1 fully saturated rings. The van der Waals surface area contributed by atoms with Crippen molar-refractivity contribution in [2.45, 2.75) is 30.8 Å². The van der Waals surface area contributed by atoms with E-state index in [1.807, 2.05) is 0 Å². The summed E-state index contributed by atoms with van der Waals surface area (Å²) < 4.78 is 33.1. The van der Waals surface area contributed by atoms with Crippen LogP contribution in [0.1, 0.15) is 18.4 Å². The standard InChI is InChI=1S/C16H17Cl2N3O3S/c1-11-8-15(14(18)9-13(11)17)25(22,23)21-7-3-4-12(10-21)24-16-5-2-6-19-20-16/h2,5-6,8-9,12H,3-4,7,10H2,1H3. The monoisotopic (exact) mass is 401 g/mol. The van der Waals surface area contributed by atoms with Crippen LogP contribution in [0.4, 0.5) is 0 Å². The molecule has 1 aromatic carbocycles. The van der Waals surface area contributed by atoms with E-state index in [2.05, 4.69) is 10.2 Å². The Kier molecular flexibility index (Phi) is 5.48. The van der Waals surface area contributed by atoms with Crippen molar-refractivity contribution in [3.63, 3.8) is 0 Å². The van der Waals surface area contributed by atoms with Gasteiger partial charge < -0.3 is 4.74 Å². The maximum atomic E-state index is 13.0. The Morgan fingerprint density at radius 3 is 2.80 bits per heavy atom. The Hall–Kier alpha value is -1.41. The molecule has 1 aliphatic heterocycles. The molecule has 0 N–H and O–H groups in total. The van der Waals surface area contributed by atoms with Gasteiger partial charge in [-0.3, -0.25) is 0 Å². The number of hydrogen-bond acceptors (Lipinski definition) is 5. The lowest BCUT2D eigenvalue weighted by Gasteiger charge is -2.32. The predicted octanol–water partition coefficient (Wildman–Crippen LogP) is 3.32. The van der Waals surface area contributed by atoms with Gasteiger partial charge in [-0.2, -0.15) is 9.40 Å². The number of halogens is 2. The summed E-state index contributed by atoms with van der Waals surface area (Å²) in [5.41, 5.74) is 0.661. The Labute approximate surface area is 156 Å². The Morgan fingerprint density at radius 2 is 2.08 bits per heavy atom. The normalized spacial score (nSPS) is 18.9. The van der Waals surface area contributed by atoms with E-state index in [1.165, 1.54) is 16.4 Å². The minimum atomic E-state index is -3.73. The SMILES string of the molecule is Cc1cc(S(=O)(=O)N2CCCC(Oc3cccnn3)C2)c(Cl)cc1Cl. The molecule has 1 aliphatic rings. The van der Waals surface area contributed by atoms with E-state index in [1.54, 1.807) is 25.3 Å². The van der Waals surface area contributed by atoms with Crippen molar-refractivity contribution >= 4 is 33.2 Å². The van der Waals surface area contributed by atoms with Crippen LogP contribution in [0.5, 0.6) is 5.88 Å². The summed E-state index contributed by atoms with van der Waals surface area (Å²) in [5.74, 6) is 0.382. The molecule has 0 spiro atoms. The van der Waals surface area contributed by atoms with E-state index in [0.717, 1.165) is 6.42 Å². The molecule has 0 radical (unpaired) electrons. The van der Waals surface area contributed by atoms with Gasteiger partial charge in [-0.1, -0.05) is 23.2 Å². The molecule has 0 aliphatic carbocycles. The molecule has 1 atom stereocenters. The molecule has 0 amide bonds. The van der Waals surface area contributed by atoms with Gasteiger partial charge in [-0.05, 0) is 43.5 Å². The van der Waals surface area contributed by atoms with Gasteiger partial charge in [-0.15, -0.1) is 5.10 Å². The van der Waals surface area contributed by atoms with Gasteiger partial charge in [-0.25, -0.2) is 8.42 Å². The van der Waals surface area contributed by atoms with Gasteiger partial charge >= 0.3 is 0 Å². The smallest absolute Gasteiger partial charge is 0.244 e. The average molecular weight is 402 g/mol. The van der Waals surface area contributed by atoms with Gasteiger partial charge in [0.05, 0.1) is 11.6 Å². The molecular formula is C16H17Cl2N3O3S. The minimum absolute atomic E-state index is 0.0659. The molecule has 1 aromatic heterocycles. The van der Waals surface area contributed by atoms with Gasteiger partial charge in [0.15, 0.2) is 0 Å². The summed E-state index contributed by atoms with van der Waals surface area (Å²) in [6.07, 6.45) is 2.70. The number of aromatic nitrogens is 2. The number of nitrogens with zero attached hydrogens (tertiary/aromatic N) is 3. The first-order valence-electron chi connectivity index (χ1n) is 7.78. The fraction of sp³-hybridized carbons (Fsp3) is 0.375. The summed E-state index contributed by atoms with van der Waals surface area (Å²) in [4.78, 5) is 0.0659. The van der Waals surface area contributed by atoms with E-state index in [0.29, 0.717) is 29.4 Å². The fourth-order valence-electron chi connectivity index (χ4n) is 2.71. The van der Waals surface area contributed by atoms with Crippen molar-refractivity contribution in [3.8, 4) is 5.88 Å². The van der Waals surface area contributed by atoms with Gasteiger partial charge in [0.1, 0.15) is 11.0 Å². The van der Waals surface area contributed by atoms with Crippen molar-refractivity contribution < 1.29 is 13.2 Å². The zero-order chi connectivity index (χ0) is 18.0. The lowest BCUT2D eigenvalue weighted by atomic mass is 10.1. The van der Waals surface area contributed by atoms with E-state index in [-0.39, 0.29) is 22.6 Å². The summed E-state index contributed by atoms with van der Waals surface area (Å²) in [6, 6.07) is 6.38. The van der Waals surface area contributed by atoms with Gasteiger partial charge in [0.25, 0.3) is 0 Å². The predicted molar refractivity (Wildman–Crippen MR) is 95.6 cm³/mol. The van der Waals surface area contributed by atoms with Crippen LogP contribution in [-0.2, 0) is 10.0 Å². The largest absolute Gasteiger partial charge is 0.472 e. The zero-order valence-corrected chi connectivity index (χ0v) is 15.9. The Balaban J connectivity index is 1.81. The number of piperidine rings is 1. The van der Waals surface area contributed by atoms with Crippen LogP contribution in [0.25, 0.3) is 0 Å². The second kappa shape index (κ2) is 7.45. The number of rotatable bonds is 4. The third kappa shape index (κ3) is 4.06. The second-order valence-electron chi connectivity index (χ2n) is 5.84. The van der Waals surface area contributed by atoms with Crippen LogP contribution in [0.2, 0.25) is 10.0 Å². The molecule has 9 heteroatoms. The van der Waals surface area contributed by atoms with Crippen LogP contribution in [0.15, 0.2) is 35.4 Å². The molecule has 0 saturated carbocycles. The highest BCUT2D eigenvalue weighted by Gasteiger charge is 2.33. The summed E-state index contributed by atoms with van der Waals surface area (Å²) in [7, 11) is -3.73. The van der Waals surface area contributed by atoms with Crippen LogP contribution in [0.3, 0.4) is 0 Å². The van der Waals surface area contributed by atoms with Gasteiger partial charge in [0.2, 0.25) is 15.9 Å². The van der Waals surface area contributed by atoms with Crippen molar-refractivity contribution in [1.29, 1.82) is 0 Å². The Bertz CT molecular complexity index is 862. The maximum absolute atomic E-state index is 13.0. The topological polar surface area (TPSA) is 72.4 Å². The molecule has 2 heterocycles. The number of ether oxygens (including phenoxy) is 1. The highest BCUT2D eigenvalue weighted by molar-refractivity contribution is 7.89. The van der Waals surface area contributed by atoms with Crippen molar-refractivity contribution in [2.24, 2.45) is 0 Å². The van der Waals surface area contributed by atoms with Gasteiger partial charge in [0, 0.05) is 23.8 Å². The first kappa shape index (κ1) is 18.4. The zero-order valence-electron chi connectivity index (χ0n) is 13.5. The van der Waals surface area contributed by atoms with E-state index in [4.69, 9.17) is 27.9 Å². The van der Waals surface area contributed by atoms with Crippen molar-refractivity contribution in [1.82, 2.24) is 14.5 Å². The van der Waals surface area contributed by atoms with E-state index < -0.39 is 10.0 Å². The maximum Gasteiger partial charge on any atom is 0.244 e. The first-order valence-corrected chi connectivity index (χ1v) is 9.97. The number of benzene rings is 1. The fourth-order valence-corrected chi connectivity index (χ4v) is 5.02. The summed E-state index contributed by atoms with van der Waals surface area (Å²) in [5, 5.41) is 8.19. The van der Waals surface area contributed by atoms with E-state index >= 15 is 0 Å². The molecule has 2 aromatic rings. The van der Waals surface area contributed by atoms with Crippen LogP contribution >= 0.6 is 23.2 Å². The molecule has 1 saturated heterocycles. The molecular weight excluding hydrogens is 385 g/mol. The molecule has 0 bridgehead atoms. The van der Waals surface area contributed by atoms with Crippen molar-refractivity contribution in [3.05, 3.63) is 46.1 Å². The van der Waals surface area contributed by atoms with Crippen LogP contribution in [0, 0.1) is 6.92 Å². The molecule has 134 valence electrons. The highest BCUT2D eigenvalue weighted by Crippen LogP contribution is 2.31. The number of hydrogen-bond donors (Lipinski definition) is 0. The van der Waals surface area contributed by atoms with Crippen LogP contribution in [-0.4, -0.2) is 42.1 Å². The quantitative estimate of drug-likeness (QED) is 0.785. The van der Waals surface area contributed by atoms with E-state index in [9.17, 15) is 8.42 Å². The number of sulfonamides is 1. The molecule has 1 unspecified atom stereocenters. The highest BCUT2D eigenvalue weighted by atomic mass is 35.5. The summed E-state index contributed by atoms with van der Waals surface area (Å²) >= 11 is 12.1. The summed E-state index contributed by atoms with van der Waals surface area (Å²) in [6.45, 7) is 2.39. The second-order valence-corrected chi connectivity index (χ2v) is 8.56. The Morgan fingerprint density at radius 1 is 1.28 bits per heavy atom. The number of aryl methyl sites for hydroxylation is 1. The average Bonchev–Trinajstić information content (AvgIpc) is 2.59. The third-order valence-corrected chi connectivity index (χ3v) is 6.74. The van der Waals surface area contributed by atoms with Crippen LogP contribution < -0.4 is 4.74 Å². The third-order valence-electron chi connectivity index (χ3n) is 4.01.